The second kappa shape index (κ2) is 6.34. The minimum Gasteiger partial charge on any atom is -0.420 e. The van der Waals surface area contributed by atoms with Crippen LogP contribution in [0.3, 0.4) is 0 Å². The first-order valence-electron chi connectivity index (χ1n) is 9.65. The predicted molar refractivity (Wildman–Crippen MR) is 116 cm³/mol. The van der Waals surface area contributed by atoms with Crippen LogP contribution in [-0.2, 0) is 6.42 Å². The Labute approximate surface area is 177 Å². The number of aromatic amines is 1. The van der Waals surface area contributed by atoms with Crippen LogP contribution in [0.15, 0.2) is 71.4 Å². The molecule has 3 N–H and O–H groups in total. The smallest absolute Gasteiger partial charge is 0.244 e. The van der Waals surface area contributed by atoms with Crippen molar-refractivity contribution in [1.82, 2.24) is 10.2 Å². The van der Waals surface area contributed by atoms with Gasteiger partial charge in [-0.3, -0.25) is 5.10 Å². The fraction of sp³-hybridized carbons (Fsp3) is 0.0833. The second-order valence-corrected chi connectivity index (χ2v) is 8.42. The van der Waals surface area contributed by atoms with Gasteiger partial charge in [0.05, 0.1) is 22.1 Å². The van der Waals surface area contributed by atoms with E-state index in [2.05, 4.69) is 58.7 Å². The maximum absolute atomic E-state index is 9.93. The van der Waals surface area contributed by atoms with Crippen molar-refractivity contribution in [3.63, 3.8) is 0 Å². The second-order valence-electron chi connectivity index (χ2n) is 7.47. The van der Waals surface area contributed by atoms with Gasteiger partial charge in [-0.15, -0.1) is 16.4 Å². The summed E-state index contributed by atoms with van der Waals surface area (Å²) >= 11 is 1.61. The number of fused-ring (bicyclic) bond motifs is 4. The number of nitrogens with zero attached hydrogens (tertiary/aromatic N) is 2. The number of H-pyrrole nitrogens is 1. The summed E-state index contributed by atoms with van der Waals surface area (Å²) < 4.78 is 5.71. The Morgan fingerprint density at radius 2 is 1.97 bits per heavy atom. The zero-order valence-corrected chi connectivity index (χ0v) is 16.7. The Bertz CT molecular complexity index is 1370. The van der Waals surface area contributed by atoms with Gasteiger partial charge in [0, 0.05) is 0 Å². The van der Waals surface area contributed by atoms with Crippen molar-refractivity contribution in [2.45, 2.75) is 12.3 Å². The van der Waals surface area contributed by atoms with Crippen molar-refractivity contribution in [3.05, 3.63) is 93.7 Å². The fourth-order valence-corrected chi connectivity index (χ4v) is 5.24. The van der Waals surface area contributed by atoms with Gasteiger partial charge < -0.3 is 10.5 Å². The first-order chi connectivity index (χ1) is 14.7. The SMILES string of the molecule is N#CC1=C(N)Oc2n[nH]c(-c3cccs3)c2C1c1ccc2c(c1)-c1ccccc1C2. The highest BCUT2D eigenvalue weighted by atomic mass is 32.1. The summed E-state index contributed by atoms with van der Waals surface area (Å²) in [7, 11) is 0. The molecular weight excluding hydrogens is 392 g/mol. The summed E-state index contributed by atoms with van der Waals surface area (Å²) in [6.45, 7) is 0. The molecule has 6 heteroatoms. The van der Waals surface area contributed by atoms with E-state index in [4.69, 9.17) is 10.5 Å². The average Bonchev–Trinajstić information content (AvgIpc) is 3.50. The third-order valence-corrected chi connectivity index (χ3v) is 6.75. The number of rotatable bonds is 2. The van der Waals surface area contributed by atoms with E-state index in [1.165, 1.54) is 22.3 Å². The summed E-state index contributed by atoms with van der Waals surface area (Å²) in [6.07, 6.45) is 0.931. The van der Waals surface area contributed by atoms with Crippen molar-refractivity contribution in [2.24, 2.45) is 5.73 Å². The highest BCUT2D eigenvalue weighted by molar-refractivity contribution is 7.13. The highest BCUT2D eigenvalue weighted by Crippen LogP contribution is 2.48. The number of thiophene rings is 1. The lowest BCUT2D eigenvalue weighted by Crippen LogP contribution is -2.21. The molecule has 1 atom stereocenters. The van der Waals surface area contributed by atoms with E-state index < -0.39 is 0 Å². The largest absolute Gasteiger partial charge is 0.420 e. The van der Waals surface area contributed by atoms with E-state index in [0.29, 0.717) is 11.5 Å². The number of hydrogen-bond acceptors (Lipinski definition) is 5. The molecule has 4 aromatic rings. The van der Waals surface area contributed by atoms with Crippen molar-refractivity contribution in [3.8, 4) is 33.6 Å². The number of aromatic nitrogens is 2. The first-order valence-corrected chi connectivity index (χ1v) is 10.5. The fourth-order valence-electron chi connectivity index (χ4n) is 4.51. The molecule has 3 heterocycles. The lowest BCUT2D eigenvalue weighted by atomic mass is 9.82. The zero-order chi connectivity index (χ0) is 20.2. The number of nitrogens with one attached hydrogen (secondary N) is 1. The van der Waals surface area contributed by atoms with Crippen LogP contribution in [0, 0.1) is 11.3 Å². The van der Waals surface area contributed by atoms with Crippen molar-refractivity contribution in [2.75, 3.05) is 0 Å². The molecule has 2 aromatic carbocycles. The summed E-state index contributed by atoms with van der Waals surface area (Å²) in [5.74, 6) is 0.202. The van der Waals surface area contributed by atoms with Gasteiger partial charge in [0.25, 0.3) is 0 Å². The zero-order valence-electron chi connectivity index (χ0n) is 15.8. The van der Waals surface area contributed by atoms with Crippen LogP contribution in [0.5, 0.6) is 5.88 Å². The number of allylic oxidation sites excluding steroid dienone is 1. The third kappa shape index (κ3) is 2.36. The first kappa shape index (κ1) is 17.1. The van der Waals surface area contributed by atoms with Gasteiger partial charge in [-0.25, -0.2) is 0 Å². The number of nitriles is 1. The van der Waals surface area contributed by atoms with Crippen LogP contribution in [0.25, 0.3) is 21.7 Å². The molecule has 0 bridgehead atoms. The van der Waals surface area contributed by atoms with Crippen LogP contribution in [0.1, 0.15) is 28.2 Å². The van der Waals surface area contributed by atoms with E-state index in [-0.39, 0.29) is 11.8 Å². The number of ether oxygens (including phenoxy) is 1. The van der Waals surface area contributed by atoms with Crippen LogP contribution in [-0.4, -0.2) is 10.2 Å². The van der Waals surface area contributed by atoms with E-state index in [1.807, 2.05) is 17.5 Å². The number of hydrogen-bond donors (Lipinski definition) is 2. The molecule has 1 aliphatic carbocycles. The average molecular weight is 408 g/mol. The molecule has 0 amide bonds. The van der Waals surface area contributed by atoms with Crippen molar-refractivity contribution >= 4 is 11.3 Å². The van der Waals surface area contributed by atoms with Gasteiger partial charge in [-0.05, 0) is 51.8 Å². The molecule has 144 valence electrons. The molecule has 5 nitrogen and oxygen atoms in total. The third-order valence-electron chi connectivity index (χ3n) is 5.86. The molecule has 6 rings (SSSR count). The van der Waals surface area contributed by atoms with E-state index >= 15 is 0 Å². The van der Waals surface area contributed by atoms with Crippen LogP contribution < -0.4 is 10.5 Å². The van der Waals surface area contributed by atoms with Crippen molar-refractivity contribution in [1.29, 1.82) is 5.26 Å². The summed E-state index contributed by atoms with van der Waals surface area (Å²) in [5.41, 5.74) is 14.4. The Morgan fingerprint density at radius 1 is 1.10 bits per heavy atom. The van der Waals surface area contributed by atoms with Crippen LogP contribution in [0.4, 0.5) is 0 Å². The molecule has 0 spiro atoms. The van der Waals surface area contributed by atoms with Crippen molar-refractivity contribution < 1.29 is 4.74 Å². The van der Waals surface area contributed by atoms with Gasteiger partial charge in [-0.2, -0.15) is 5.26 Å². The van der Waals surface area contributed by atoms with Crippen LogP contribution >= 0.6 is 11.3 Å². The highest BCUT2D eigenvalue weighted by Gasteiger charge is 2.36. The molecule has 2 aromatic heterocycles. The van der Waals surface area contributed by atoms with Gasteiger partial charge in [0.2, 0.25) is 11.8 Å². The van der Waals surface area contributed by atoms with Crippen LogP contribution in [0.2, 0.25) is 0 Å². The minimum atomic E-state index is -0.340. The number of nitrogens with two attached hydrogens (primary N) is 1. The molecule has 0 saturated carbocycles. The number of benzene rings is 2. The van der Waals surface area contributed by atoms with E-state index in [9.17, 15) is 5.26 Å². The predicted octanol–water partition coefficient (Wildman–Crippen LogP) is 4.93. The molecule has 30 heavy (non-hydrogen) atoms. The summed E-state index contributed by atoms with van der Waals surface area (Å²) in [4.78, 5) is 1.04. The lowest BCUT2D eigenvalue weighted by Gasteiger charge is -2.24. The summed E-state index contributed by atoms with van der Waals surface area (Å²) in [6, 6.07) is 21.2. The molecule has 1 unspecified atom stereocenters. The molecule has 1 aliphatic heterocycles. The molecule has 0 saturated heterocycles. The van der Waals surface area contributed by atoms with E-state index in [1.54, 1.807) is 11.3 Å². The van der Waals surface area contributed by atoms with Gasteiger partial charge >= 0.3 is 0 Å². The van der Waals surface area contributed by atoms with Gasteiger partial charge in [0.1, 0.15) is 11.6 Å². The molecule has 0 fully saturated rings. The maximum Gasteiger partial charge on any atom is 0.244 e. The quantitative estimate of drug-likeness (QED) is 0.434. The van der Waals surface area contributed by atoms with E-state index in [0.717, 1.165) is 28.1 Å². The Kier molecular flexibility index (Phi) is 3.61. The normalized spacial score (nSPS) is 16.4. The molecular formula is C24H16N4OS. The molecule has 0 radical (unpaired) electrons. The topological polar surface area (TPSA) is 87.7 Å². The maximum atomic E-state index is 9.93. The monoisotopic (exact) mass is 408 g/mol. The lowest BCUT2D eigenvalue weighted by molar-refractivity contribution is 0.379. The summed E-state index contributed by atoms with van der Waals surface area (Å²) in [5, 5.41) is 19.4. The minimum absolute atomic E-state index is 0.111. The molecule has 2 aliphatic rings. The standard InChI is InChI=1S/C24H16N4OS/c25-12-18-20(15-8-7-14-10-13-4-1-2-5-16(13)17(14)11-15)21-22(19-6-3-9-30-19)27-28-24(21)29-23(18)26/h1-9,11,20H,10,26H2,(H,27,28). The van der Waals surface area contributed by atoms with Gasteiger partial charge in [0.15, 0.2) is 0 Å². The Hall–Kier alpha value is -3.82. The Balaban J connectivity index is 1.57. The Morgan fingerprint density at radius 3 is 2.80 bits per heavy atom. The van der Waals surface area contributed by atoms with Gasteiger partial charge in [-0.1, -0.05) is 42.5 Å².